The van der Waals surface area contributed by atoms with Gasteiger partial charge in [-0.1, -0.05) is 19.9 Å². The van der Waals surface area contributed by atoms with Crippen LogP contribution in [0.5, 0.6) is 5.75 Å². The minimum atomic E-state index is -0.347. The molecular formula is C23H27N5O3. The molecule has 0 radical (unpaired) electrons. The number of anilines is 5. The van der Waals surface area contributed by atoms with Gasteiger partial charge in [-0.25, -0.2) is 14.8 Å². The van der Waals surface area contributed by atoms with E-state index in [2.05, 4.69) is 20.6 Å². The third-order valence-electron chi connectivity index (χ3n) is 4.42. The number of aromatic nitrogens is 2. The Labute approximate surface area is 181 Å². The van der Waals surface area contributed by atoms with Gasteiger partial charge in [-0.05, 0) is 54.8 Å². The van der Waals surface area contributed by atoms with E-state index in [0.29, 0.717) is 35.2 Å². The molecule has 0 fully saturated rings. The van der Waals surface area contributed by atoms with Crippen LogP contribution in [-0.4, -0.2) is 29.7 Å². The Balaban J connectivity index is 1.75. The molecule has 8 nitrogen and oxygen atoms in total. The largest absolute Gasteiger partial charge is 0.495 e. The van der Waals surface area contributed by atoms with Crippen molar-refractivity contribution in [2.75, 3.05) is 30.1 Å². The van der Waals surface area contributed by atoms with Gasteiger partial charge in [0.15, 0.2) is 11.6 Å². The molecule has 1 aromatic heterocycles. The Kier molecular flexibility index (Phi) is 6.92. The van der Waals surface area contributed by atoms with Gasteiger partial charge in [-0.15, -0.1) is 0 Å². The number of nitrogens with zero attached hydrogens (tertiary/aromatic N) is 2. The summed E-state index contributed by atoms with van der Waals surface area (Å²) in [5.74, 6) is 1.51. The molecule has 0 atom stereocenters. The molecule has 2 aromatic carbocycles. The Morgan fingerprint density at radius 3 is 2.39 bits per heavy atom. The molecule has 0 bridgehead atoms. The lowest BCUT2D eigenvalue weighted by molar-refractivity contribution is 0.0459. The van der Waals surface area contributed by atoms with Crippen molar-refractivity contribution in [3.05, 3.63) is 59.9 Å². The summed E-state index contributed by atoms with van der Waals surface area (Å²) in [7, 11) is 1.61. The van der Waals surface area contributed by atoms with Crippen molar-refractivity contribution in [3.63, 3.8) is 0 Å². The van der Waals surface area contributed by atoms with E-state index >= 15 is 0 Å². The van der Waals surface area contributed by atoms with Crippen LogP contribution < -0.4 is 21.1 Å². The normalized spacial score (nSPS) is 10.6. The van der Waals surface area contributed by atoms with Crippen molar-refractivity contribution in [1.29, 1.82) is 0 Å². The minimum absolute atomic E-state index is 0.285. The number of nitrogens with two attached hydrogens (primary N) is 1. The number of nitrogen functional groups attached to an aromatic ring is 1. The second-order valence-electron chi connectivity index (χ2n) is 7.51. The van der Waals surface area contributed by atoms with Gasteiger partial charge in [-0.2, -0.15) is 0 Å². The molecule has 8 heteroatoms. The maximum Gasteiger partial charge on any atom is 0.338 e. The average Bonchev–Trinajstić information content (AvgIpc) is 2.75. The van der Waals surface area contributed by atoms with Gasteiger partial charge in [0.05, 0.1) is 25.0 Å². The zero-order chi connectivity index (χ0) is 22.4. The lowest BCUT2D eigenvalue weighted by atomic mass is 10.2. The molecule has 4 N–H and O–H groups in total. The predicted octanol–water partition coefficient (Wildman–Crippen LogP) is 4.68. The summed E-state index contributed by atoms with van der Waals surface area (Å²) < 4.78 is 10.6. The van der Waals surface area contributed by atoms with Gasteiger partial charge < -0.3 is 25.8 Å². The van der Waals surface area contributed by atoms with Crippen LogP contribution >= 0.6 is 0 Å². The molecule has 3 aromatic rings. The number of rotatable bonds is 8. The molecule has 0 amide bonds. The summed E-state index contributed by atoms with van der Waals surface area (Å²) in [4.78, 5) is 20.5. The van der Waals surface area contributed by atoms with Crippen molar-refractivity contribution >= 4 is 34.7 Å². The summed E-state index contributed by atoms with van der Waals surface area (Å²) in [5.41, 5.74) is 9.68. The Bertz CT molecular complexity index is 1050. The van der Waals surface area contributed by atoms with E-state index in [9.17, 15) is 4.79 Å². The number of nitrogens with one attached hydrogen (secondary N) is 2. The zero-order valence-electron chi connectivity index (χ0n) is 18.1. The highest BCUT2D eigenvalue weighted by atomic mass is 16.5. The van der Waals surface area contributed by atoms with Crippen LogP contribution in [0.2, 0.25) is 0 Å². The van der Waals surface area contributed by atoms with Crippen LogP contribution in [0.25, 0.3) is 0 Å². The standard InChI is InChI=1S/C23H27N5O3/c1-14(2)12-31-23(29)16-6-8-17(9-7-16)27-21-20(24)22(26-13-25-21)28-18-11-15(3)5-10-19(18)30-4/h5-11,13-14H,12,24H2,1-4H3,(H2,25,26,27,28). The lowest BCUT2D eigenvalue weighted by Gasteiger charge is -2.15. The van der Waals surface area contributed by atoms with Crippen LogP contribution in [0.15, 0.2) is 48.8 Å². The van der Waals surface area contributed by atoms with Crippen LogP contribution in [0, 0.1) is 12.8 Å². The smallest absolute Gasteiger partial charge is 0.338 e. The van der Waals surface area contributed by atoms with E-state index in [-0.39, 0.29) is 11.9 Å². The van der Waals surface area contributed by atoms with E-state index in [1.54, 1.807) is 31.4 Å². The van der Waals surface area contributed by atoms with Crippen molar-refractivity contribution in [3.8, 4) is 5.75 Å². The fourth-order valence-electron chi connectivity index (χ4n) is 2.79. The average molecular weight is 422 g/mol. The molecule has 0 aliphatic heterocycles. The molecule has 3 rings (SSSR count). The first-order valence-electron chi connectivity index (χ1n) is 9.93. The van der Waals surface area contributed by atoms with E-state index in [4.69, 9.17) is 15.2 Å². The van der Waals surface area contributed by atoms with Crippen molar-refractivity contribution in [1.82, 2.24) is 9.97 Å². The monoisotopic (exact) mass is 421 g/mol. The van der Waals surface area contributed by atoms with Gasteiger partial charge in [-0.3, -0.25) is 0 Å². The first-order valence-corrected chi connectivity index (χ1v) is 9.93. The molecule has 162 valence electrons. The van der Waals surface area contributed by atoms with Gasteiger partial charge in [0, 0.05) is 5.69 Å². The maximum atomic E-state index is 12.1. The van der Waals surface area contributed by atoms with E-state index in [1.807, 2.05) is 39.0 Å². The van der Waals surface area contributed by atoms with Crippen LogP contribution in [0.1, 0.15) is 29.8 Å². The Morgan fingerprint density at radius 1 is 1.06 bits per heavy atom. The zero-order valence-corrected chi connectivity index (χ0v) is 18.1. The van der Waals surface area contributed by atoms with Crippen molar-refractivity contribution in [2.45, 2.75) is 20.8 Å². The van der Waals surface area contributed by atoms with Gasteiger partial charge >= 0.3 is 5.97 Å². The second-order valence-corrected chi connectivity index (χ2v) is 7.51. The van der Waals surface area contributed by atoms with Gasteiger partial charge in [0.2, 0.25) is 0 Å². The topological polar surface area (TPSA) is 111 Å². The number of esters is 1. The molecular weight excluding hydrogens is 394 g/mol. The molecule has 0 unspecified atom stereocenters. The molecule has 0 spiro atoms. The molecule has 31 heavy (non-hydrogen) atoms. The highest BCUT2D eigenvalue weighted by Gasteiger charge is 2.12. The van der Waals surface area contributed by atoms with Crippen LogP contribution in [0.4, 0.5) is 28.7 Å². The van der Waals surface area contributed by atoms with Gasteiger partial charge in [0.25, 0.3) is 0 Å². The van der Waals surface area contributed by atoms with Gasteiger partial charge in [0.1, 0.15) is 17.8 Å². The van der Waals surface area contributed by atoms with Crippen LogP contribution in [-0.2, 0) is 4.74 Å². The number of carbonyl (C=O) groups excluding carboxylic acids is 1. The number of hydrogen-bond acceptors (Lipinski definition) is 8. The Hall–Kier alpha value is -3.81. The van der Waals surface area contributed by atoms with E-state index in [0.717, 1.165) is 16.9 Å². The molecule has 0 saturated heterocycles. The summed E-state index contributed by atoms with van der Waals surface area (Å²) in [6.45, 7) is 6.36. The third-order valence-corrected chi connectivity index (χ3v) is 4.42. The predicted molar refractivity (Wildman–Crippen MR) is 122 cm³/mol. The molecule has 0 aliphatic rings. The quantitative estimate of drug-likeness (QED) is 0.450. The fraction of sp³-hybridized carbons (Fsp3) is 0.261. The fourth-order valence-corrected chi connectivity index (χ4v) is 2.79. The molecule has 0 saturated carbocycles. The molecule has 1 heterocycles. The highest BCUT2D eigenvalue weighted by molar-refractivity contribution is 5.90. The van der Waals surface area contributed by atoms with Crippen LogP contribution in [0.3, 0.4) is 0 Å². The summed E-state index contributed by atoms with van der Waals surface area (Å²) in [6.07, 6.45) is 1.42. The second kappa shape index (κ2) is 9.80. The number of hydrogen-bond donors (Lipinski definition) is 3. The third kappa shape index (κ3) is 5.63. The number of aryl methyl sites for hydroxylation is 1. The summed E-state index contributed by atoms with van der Waals surface area (Å²) in [6, 6.07) is 12.7. The number of carbonyl (C=O) groups is 1. The number of benzene rings is 2. The highest BCUT2D eigenvalue weighted by Crippen LogP contribution is 2.32. The SMILES string of the molecule is COc1ccc(C)cc1Nc1ncnc(Nc2ccc(C(=O)OCC(C)C)cc2)c1N. The van der Waals surface area contributed by atoms with Crippen molar-refractivity contribution < 1.29 is 14.3 Å². The molecule has 0 aliphatic carbocycles. The number of methoxy groups -OCH3 is 1. The van der Waals surface area contributed by atoms with Crippen molar-refractivity contribution in [2.24, 2.45) is 5.92 Å². The lowest BCUT2D eigenvalue weighted by Crippen LogP contribution is -2.10. The maximum absolute atomic E-state index is 12.1. The Morgan fingerprint density at radius 2 is 1.74 bits per heavy atom. The van der Waals surface area contributed by atoms with E-state index in [1.165, 1.54) is 6.33 Å². The minimum Gasteiger partial charge on any atom is -0.495 e. The first-order chi connectivity index (χ1) is 14.9. The first kappa shape index (κ1) is 21.9. The number of ether oxygens (including phenoxy) is 2. The summed E-state index contributed by atoms with van der Waals surface area (Å²) >= 11 is 0. The van der Waals surface area contributed by atoms with E-state index < -0.39 is 0 Å². The summed E-state index contributed by atoms with van der Waals surface area (Å²) in [5, 5.41) is 6.36.